The Kier molecular flexibility index (Phi) is 5.95. The molecule has 4 aromatic rings. The molecule has 10 nitrogen and oxygen atoms in total. The summed E-state index contributed by atoms with van der Waals surface area (Å²) in [5, 5.41) is 12.8. The van der Waals surface area contributed by atoms with Crippen LogP contribution in [0.25, 0.3) is 22.1 Å². The van der Waals surface area contributed by atoms with E-state index in [2.05, 4.69) is 83.0 Å². The molecule has 6 N–H and O–H groups in total. The van der Waals surface area contributed by atoms with Gasteiger partial charge in [0.05, 0.1) is 57.1 Å². The van der Waals surface area contributed by atoms with Crippen LogP contribution >= 0.6 is 31.9 Å². The van der Waals surface area contributed by atoms with Gasteiger partial charge in [-0.15, -0.1) is 0 Å². The maximum Gasteiger partial charge on any atom is 0.195 e. The van der Waals surface area contributed by atoms with Crippen LogP contribution in [0.4, 0.5) is 11.4 Å². The molecular formula is C20H20Br2N10. The van der Waals surface area contributed by atoms with E-state index in [1.165, 1.54) is 0 Å². The summed E-state index contributed by atoms with van der Waals surface area (Å²) in [4.78, 5) is 23.2. The van der Waals surface area contributed by atoms with Crippen LogP contribution in [0.15, 0.2) is 55.9 Å². The Morgan fingerprint density at radius 3 is 1.56 bits per heavy atom. The zero-order valence-corrected chi connectivity index (χ0v) is 20.0. The van der Waals surface area contributed by atoms with Gasteiger partial charge in [0, 0.05) is 13.1 Å². The van der Waals surface area contributed by atoms with Crippen LogP contribution in [-0.4, -0.2) is 58.0 Å². The highest BCUT2D eigenvalue weighted by Gasteiger charge is 2.11. The molecule has 0 amide bonds. The van der Waals surface area contributed by atoms with Crippen molar-refractivity contribution in [1.82, 2.24) is 30.6 Å². The number of aromatic amines is 2. The van der Waals surface area contributed by atoms with Gasteiger partial charge >= 0.3 is 0 Å². The van der Waals surface area contributed by atoms with Crippen LogP contribution in [-0.2, 0) is 0 Å². The van der Waals surface area contributed by atoms with Crippen LogP contribution < -0.4 is 21.3 Å². The third kappa shape index (κ3) is 4.28. The quantitative estimate of drug-likeness (QED) is 0.223. The number of imidazole rings is 2. The topological polar surface area (TPSA) is 130 Å². The predicted molar refractivity (Wildman–Crippen MR) is 135 cm³/mol. The summed E-state index contributed by atoms with van der Waals surface area (Å²) in [6.45, 7) is 3.43. The van der Waals surface area contributed by atoms with Crippen LogP contribution in [0.2, 0.25) is 0 Å². The molecule has 0 atom stereocenters. The summed E-state index contributed by atoms with van der Waals surface area (Å²) in [6, 6.07) is 7.97. The number of halogens is 2. The monoisotopic (exact) mass is 558 g/mol. The van der Waals surface area contributed by atoms with Gasteiger partial charge in [0.25, 0.3) is 0 Å². The van der Waals surface area contributed by atoms with Crippen LogP contribution in [0.3, 0.4) is 0 Å². The minimum Gasteiger partial charge on any atom is -0.354 e. The van der Waals surface area contributed by atoms with E-state index in [0.717, 1.165) is 80.5 Å². The van der Waals surface area contributed by atoms with Crippen LogP contribution in [0.5, 0.6) is 0 Å². The van der Waals surface area contributed by atoms with E-state index in [1.807, 2.05) is 24.3 Å². The number of rotatable bonds is 2. The summed E-state index contributed by atoms with van der Waals surface area (Å²) in [5.74, 6) is 1.63. The standard InChI is InChI=1S/2C10H10BrN5/c2*11-8-6(16-10-12-3-4-13-10)1-2-7-9(8)15-5-14-7/h2*1-2,5H,3-4H2,(H,14,15)(H2,12,13,16). The van der Waals surface area contributed by atoms with Gasteiger partial charge in [0.1, 0.15) is 11.0 Å². The molecule has 0 spiro atoms. The second-order valence-electron chi connectivity index (χ2n) is 7.02. The second kappa shape index (κ2) is 9.17. The first-order valence-corrected chi connectivity index (χ1v) is 11.6. The molecule has 2 aliphatic heterocycles. The number of hydrogen-bond acceptors (Lipinski definition) is 8. The molecule has 2 aromatic heterocycles. The largest absolute Gasteiger partial charge is 0.354 e. The number of aliphatic imine (C=N–C) groups is 2. The van der Waals surface area contributed by atoms with Crippen molar-refractivity contribution in [3.63, 3.8) is 0 Å². The van der Waals surface area contributed by atoms with Crippen molar-refractivity contribution >= 4 is 77.2 Å². The molecule has 32 heavy (non-hydrogen) atoms. The number of fused-ring (bicyclic) bond motifs is 2. The highest BCUT2D eigenvalue weighted by atomic mass is 79.9. The summed E-state index contributed by atoms with van der Waals surface area (Å²) in [5.41, 5.74) is 5.80. The second-order valence-corrected chi connectivity index (χ2v) is 8.60. The van der Waals surface area contributed by atoms with E-state index in [-0.39, 0.29) is 0 Å². The minimum atomic E-state index is 0.815. The predicted octanol–water partition coefficient (Wildman–Crippen LogP) is 3.39. The Morgan fingerprint density at radius 1 is 0.688 bits per heavy atom. The lowest BCUT2D eigenvalue weighted by molar-refractivity contribution is 0.959. The summed E-state index contributed by atoms with van der Waals surface area (Å²) < 4.78 is 1.89. The maximum atomic E-state index is 4.29. The minimum absolute atomic E-state index is 0.815. The first-order chi connectivity index (χ1) is 15.7. The molecule has 0 saturated carbocycles. The van der Waals surface area contributed by atoms with E-state index in [0.29, 0.717) is 0 Å². The molecule has 0 saturated heterocycles. The van der Waals surface area contributed by atoms with Gasteiger partial charge < -0.3 is 31.2 Å². The fourth-order valence-corrected chi connectivity index (χ4v) is 4.45. The van der Waals surface area contributed by atoms with Crippen molar-refractivity contribution in [3.05, 3.63) is 45.9 Å². The van der Waals surface area contributed by atoms with Crippen molar-refractivity contribution in [1.29, 1.82) is 0 Å². The number of guanidine groups is 2. The molecule has 0 unspecified atom stereocenters. The van der Waals surface area contributed by atoms with E-state index in [1.54, 1.807) is 12.7 Å². The molecule has 0 bridgehead atoms. The first-order valence-electron chi connectivity index (χ1n) is 10.0. The Hall–Kier alpha value is -3.12. The number of aromatic nitrogens is 4. The van der Waals surface area contributed by atoms with Gasteiger partial charge in [-0.1, -0.05) is 0 Å². The Balaban J connectivity index is 0.000000135. The molecule has 0 radical (unpaired) electrons. The maximum absolute atomic E-state index is 4.29. The lowest BCUT2D eigenvalue weighted by atomic mass is 10.3. The van der Waals surface area contributed by atoms with Gasteiger partial charge in [-0.3, -0.25) is 9.98 Å². The zero-order chi connectivity index (χ0) is 21.9. The Morgan fingerprint density at radius 2 is 1.16 bits per heavy atom. The Labute approximate surface area is 200 Å². The highest BCUT2D eigenvalue weighted by molar-refractivity contribution is 9.11. The SMILES string of the molecule is Brc1c(NC2=NCCN2)ccc2[nH]cnc12.Brc1c(NC2=NCCN2)ccc2[nH]cnc12. The summed E-state index contributed by atoms with van der Waals surface area (Å²) in [6.07, 6.45) is 3.37. The van der Waals surface area contributed by atoms with Gasteiger partial charge in [0.2, 0.25) is 0 Å². The molecule has 164 valence electrons. The fourth-order valence-electron chi connectivity index (χ4n) is 3.36. The molecule has 6 rings (SSSR count). The van der Waals surface area contributed by atoms with Crippen LogP contribution in [0.1, 0.15) is 0 Å². The van der Waals surface area contributed by atoms with E-state index in [9.17, 15) is 0 Å². The fraction of sp³-hybridized carbons (Fsp3) is 0.200. The van der Waals surface area contributed by atoms with Crippen molar-refractivity contribution in [2.75, 3.05) is 36.8 Å². The van der Waals surface area contributed by atoms with Crippen molar-refractivity contribution in [2.45, 2.75) is 0 Å². The van der Waals surface area contributed by atoms with Gasteiger partial charge in [0.15, 0.2) is 11.9 Å². The van der Waals surface area contributed by atoms with Crippen LogP contribution in [0, 0.1) is 0 Å². The summed E-state index contributed by atoms with van der Waals surface area (Å²) in [7, 11) is 0. The molecular weight excluding hydrogens is 540 g/mol. The summed E-state index contributed by atoms with van der Waals surface area (Å²) >= 11 is 7.08. The van der Waals surface area contributed by atoms with Crippen molar-refractivity contribution in [3.8, 4) is 0 Å². The average Bonchev–Trinajstić information content (AvgIpc) is 3.61. The lowest BCUT2D eigenvalue weighted by Gasteiger charge is -2.08. The molecule has 2 aliphatic rings. The van der Waals surface area contributed by atoms with Gasteiger partial charge in [-0.25, -0.2) is 9.97 Å². The number of nitrogens with one attached hydrogen (secondary N) is 6. The zero-order valence-electron chi connectivity index (χ0n) is 16.8. The van der Waals surface area contributed by atoms with Gasteiger partial charge in [-0.05, 0) is 56.1 Å². The Bertz CT molecular complexity index is 1220. The molecule has 12 heteroatoms. The molecule has 2 aromatic carbocycles. The normalized spacial score (nSPS) is 14.9. The highest BCUT2D eigenvalue weighted by Crippen LogP contribution is 2.30. The van der Waals surface area contributed by atoms with E-state index < -0.39 is 0 Å². The molecule has 0 aliphatic carbocycles. The lowest BCUT2D eigenvalue weighted by Crippen LogP contribution is -2.26. The van der Waals surface area contributed by atoms with Crippen molar-refractivity contribution in [2.24, 2.45) is 9.98 Å². The first kappa shape index (κ1) is 20.8. The third-order valence-electron chi connectivity index (χ3n) is 4.91. The number of benzene rings is 2. The number of anilines is 2. The number of H-pyrrole nitrogens is 2. The third-order valence-corrected chi connectivity index (χ3v) is 6.52. The van der Waals surface area contributed by atoms with E-state index in [4.69, 9.17) is 0 Å². The van der Waals surface area contributed by atoms with Gasteiger partial charge in [-0.2, -0.15) is 0 Å². The molecule has 0 fully saturated rings. The van der Waals surface area contributed by atoms with E-state index >= 15 is 0 Å². The van der Waals surface area contributed by atoms with Crippen molar-refractivity contribution < 1.29 is 0 Å². The number of nitrogens with zero attached hydrogens (tertiary/aromatic N) is 4. The smallest absolute Gasteiger partial charge is 0.195 e. The average molecular weight is 560 g/mol. The molecule has 4 heterocycles. The number of hydrogen-bond donors (Lipinski definition) is 6.